The molecule has 1 amide bonds. The topological polar surface area (TPSA) is 106 Å². The van der Waals surface area contributed by atoms with Gasteiger partial charge in [0.1, 0.15) is 5.75 Å². The molecule has 0 bridgehead atoms. The van der Waals surface area contributed by atoms with Crippen molar-refractivity contribution in [2.45, 2.75) is 46.7 Å². The molecule has 0 aliphatic carbocycles. The molecule has 0 fully saturated rings. The highest BCUT2D eigenvalue weighted by Crippen LogP contribution is 2.33. The van der Waals surface area contributed by atoms with Crippen molar-refractivity contribution in [2.75, 3.05) is 13.2 Å². The minimum absolute atomic E-state index is 0.239. The number of hydrogen-bond donors (Lipinski definition) is 3. The SMILES string of the molecule is CCOC(=O)C1=C(C)NC(=S)N[C@H]1c1ccccc1OCC(=O)NN=Cc1c(C)n(C(C)C)c2ccccc12. The number of esters is 1. The Labute approximate surface area is 233 Å². The molecule has 10 heteroatoms. The lowest BCUT2D eigenvalue weighted by Crippen LogP contribution is -2.45. The summed E-state index contributed by atoms with van der Waals surface area (Å²) in [6.45, 7) is 9.80. The van der Waals surface area contributed by atoms with E-state index in [1.807, 2.05) is 37.3 Å². The summed E-state index contributed by atoms with van der Waals surface area (Å²) in [5.74, 6) is -0.444. The van der Waals surface area contributed by atoms with Crippen LogP contribution in [0.2, 0.25) is 0 Å². The van der Waals surface area contributed by atoms with Crippen LogP contribution in [-0.4, -0.2) is 41.0 Å². The molecule has 0 saturated carbocycles. The zero-order valence-electron chi connectivity index (χ0n) is 22.7. The highest BCUT2D eigenvalue weighted by Gasteiger charge is 2.32. The molecule has 4 rings (SSSR count). The largest absolute Gasteiger partial charge is 0.483 e. The summed E-state index contributed by atoms with van der Waals surface area (Å²) in [4.78, 5) is 25.4. The molecule has 0 saturated heterocycles. The number of carbonyl (C=O) groups excluding carboxylic acids is 2. The normalized spacial score (nSPS) is 15.4. The van der Waals surface area contributed by atoms with Crippen molar-refractivity contribution in [3.63, 3.8) is 0 Å². The zero-order chi connectivity index (χ0) is 28.1. The standard InChI is InChI=1S/C29H33N5O4S/c1-6-37-28(36)26-18(4)31-29(39)32-27(26)21-12-8-10-14-24(21)38-16-25(35)33-30-15-22-19(5)34(17(2)3)23-13-9-7-11-20(22)23/h7-15,17,27H,6,16H2,1-5H3,(H,33,35)(H2,31,32,39)/t27-/m0/s1. The molecule has 204 valence electrons. The second kappa shape index (κ2) is 12.1. The van der Waals surface area contributed by atoms with Crippen molar-refractivity contribution in [2.24, 2.45) is 5.10 Å². The third kappa shape index (κ3) is 5.96. The maximum absolute atomic E-state index is 12.7. The van der Waals surface area contributed by atoms with Crippen molar-refractivity contribution in [3.8, 4) is 5.75 Å². The Hall–Kier alpha value is -4.18. The summed E-state index contributed by atoms with van der Waals surface area (Å²) in [6.07, 6.45) is 1.67. The number of ether oxygens (including phenoxy) is 2. The van der Waals surface area contributed by atoms with Gasteiger partial charge in [-0.3, -0.25) is 4.79 Å². The molecule has 1 aliphatic heterocycles. The first kappa shape index (κ1) is 27.8. The van der Waals surface area contributed by atoms with Crippen LogP contribution in [0.3, 0.4) is 0 Å². The summed E-state index contributed by atoms with van der Waals surface area (Å²) < 4.78 is 13.4. The predicted molar refractivity (Wildman–Crippen MR) is 156 cm³/mol. The first-order valence-electron chi connectivity index (χ1n) is 12.8. The monoisotopic (exact) mass is 547 g/mol. The lowest BCUT2D eigenvalue weighted by Gasteiger charge is -2.30. The summed E-state index contributed by atoms with van der Waals surface area (Å²) in [5, 5.41) is 11.7. The van der Waals surface area contributed by atoms with Crippen LogP contribution in [0.15, 0.2) is 64.9 Å². The number of carbonyl (C=O) groups is 2. The van der Waals surface area contributed by atoms with E-state index in [9.17, 15) is 9.59 Å². The van der Waals surface area contributed by atoms with Crippen LogP contribution in [0.25, 0.3) is 10.9 Å². The predicted octanol–water partition coefficient (Wildman–Crippen LogP) is 4.42. The van der Waals surface area contributed by atoms with Crippen LogP contribution in [0.5, 0.6) is 5.75 Å². The fourth-order valence-corrected chi connectivity index (χ4v) is 5.12. The summed E-state index contributed by atoms with van der Waals surface area (Å²) in [6, 6.07) is 15.0. The van der Waals surface area contributed by atoms with Gasteiger partial charge in [-0.05, 0) is 59.0 Å². The Morgan fingerprint density at radius 2 is 1.87 bits per heavy atom. The van der Waals surface area contributed by atoms with Crippen LogP contribution in [0.1, 0.15) is 56.6 Å². The molecule has 3 aromatic rings. The van der Waals surface area contributed by atoms with Crippen molar-refractivity contribution < 1.29 is 19.1 Å². The second-order valence-electron chi connectivity index (χ2n) is 9.39. The first-order valence-corrected chi connectivity index (χ1v) is 13.2. The average molecular weight is 548 g/mol. The van der Waals surface area contributed by atoms with Gasteiger partial charge in [0.15, 0.2) is 11.7 Å². The maximum Gasteiger partial charge on any atom is 0.338 e. The van der Waals surface area contributed by atoms with Crippen LogP contribution < -0.4 is 20.8 Å². The van der Waals surface area contributed by atoms with E-state index in [1.165, 1.54) is 0 Å². The van der Waals surface area contributed by atoms with Gasteiger partial charge in [-0.15, -0.1) is 0 Å². The van der Waals surface area contributed by atoms with Gasteiger partial charge in [-0.1, -0.05) is 36.4 Å². The van der Waals surface area contributed by atoms with E-state index in [0.717, 1.165) is 22.2 Å². The van der Waals surface area contributed by atoms with Gasteiger partial charge >= 0.3 is 5.97 Å². The Morgan fingerprint density at radius 3 is 2.62 bits per heavy atom. The zero-order valence-corrected chi connectivity index (χ0v) is 23.5. The van der Waals surface area contributed by atoms with Gasteiger partial charge in [0.25, 0.3) is 5.91 Å². The molecule has 0 unspecified atom stereocenters. The molecule has 0 spiro atoms. The average Bonchev–Trinajstić information content (AvgIpc) is 3.18. The minimum Gasteiger partial charge on any atom is -0.483 e. The van der Waals surface area contributed by atoms with E-state index in [0.29, 0.717) is 27.7 Å². The van der Waals surface area contributed by atoms with E-state index < -0.39 is 17.9 Å². The van der Waals surface area contributed by atoms with Gasteiger partial charge < -0.3 is 24.7 Å². The van der Waals surface area contributed by atoms with Crippen molar-refractivity contribution >= 4 is 46.3 Å². The van der Waals surface area contributed by atoms with Crippen LogP contribution in [-0.2, 0) is 14.3 Å². The number of nitrogens with one attached hydrogen (secondary N) is 3. The van der Waals surface area contributed by atoms with Gasteiger partial charge in [0, 0.05) is 39.5 Å². The Morgan fingerprint density at radius 1 is 1.15 bits per heavy atom. The lowest BCUT2D eigenvalue weighted by molar-refractivity contribution is -0.139. The molecule has 1 aromatic heterocycles. The highest BCUT2D eigenvalue weighted by atomic mass is 32.1. The number of nitrogens with zero attached hydrogens (tertiary/aromatic N) is 2. The number of fused-ring (bicyclic) bond motifs is 1. The third-order valence-electron chi connectivity index (χ3n) is 6.46. The van der Waals surface area contributed by atoms with E-state index in [1.54, 1.807) is 32.2 Å². The van der Waals surface area contributed by atoms with E-state index in [4.69, 9.17) is 21.7 Å². The number of hydrazone groups is 1. The smallest absolute Gasteiger partial charge is 0.338 e. The number of aromatic nitrogens is 1. The second-order valence-corrected chi connectivity index (χ2v) is 9.80. The lowest BCUT2D eigenvalue weighted by atomic mass is 9.95. The molecule has 2 heterocycles. The molecule has 0 radical (unpaired) electrons. The van der Waals surface area contributed by atoms with Crippen molar-refractivity contribution in [3.05, 3.63) is 76.6 Å². The summed E-state index contributed by atoms with van der Waals surface area (Å²) in [7, 11) is 0. The van der Waals surface area contributed by atoms with E-state index in [2.05, 4.69) is 45.6 Å². The molecule has 9 nitrogen and oxygen atoms in total. The van der Waals surface area contributed by atoms with Gasteiger partial charge in [0.05, 0.1) is 24.4 Å². The van der Waals surface area contributed by atoms with Crippen LogP contribution in [0, 0.1) is 6.92 Å². The maximum atomic E-state index is 12.7. The Balaban J connectivity index is 1.49. The van der Waals surface area contributed by atoms with Crippen molar-refractivity contribution in [1.82, 2.24) is 20.6 Å². The Bertz CT molecular complexity index is 1470. The van der Waals surface area contributed by atoms with E-state index >= 15 is 0 Å². The number of amides is 1. The number of rotatable bonds is 9. The summed E-state index contributed by atoms with van der Waals surface area (Å²) >= 11 is 5.32. The molecule has 1 atom stereocenters. The first-order chi connectivity index (χ1) is 18.7. The van der Waals surface area contributed by atoms with Crippen molar-refractivity contribution in [1.29, 1.82) is 0 Å². The fourth-order valence-electron chi connectivity index (χ4n) is 4.85. The molecular weight excluding hydrogens is 514 g/mol. The van der Waals surface area contributed by atoms with E-state index in [-0.39, 0.29) is 19.3 Å². The van der Waals surface area contributed by atoms with Gasteiger partial charge in [-0.25, -0.2) is 10.2 Å². The Kier molecular flexibility index (Phi) is 8.65. The van der Waals surface area contributed by atoms with Crippen LogP contribution in [0.4, 0.5) is 0 Å². The molecule has 39 heavy (non-hydrogen) atoms. The summed E-state index contributed by atoms with van der Waals surface area (Å²) in [5.41, 5.74) is 7.34. The number of para-hydroxylation sites is 2. The third-order valence-corrected chi connectivity index (χ3v) is 6.68. The molecule has 1 aliphatic rings. The quantitative estimate of drug-likeness (QED) is 0.158. The number of allylic oxidation sites excluding steroid dienone is 1. The highest BCUT2D eigenvalue weighted by molar-refractivity contribution is 7.80. The fraction of sp³-hybridized carbons (Fsp3) is 0.310. The van der Waals surface area contributed by atoms with Crippen LogP contribution >= 0.6 is 12.2 Å². The number of hydrogen-bond acceptors (Lipinski definition) is 6. The minimum atomic E-state index is -0.601. The number of benzene rings is 2. The molecular formula is C29H33N5O4S. The molecule has 2 aromatic carbocycles. The molecule has 3 N–H and O–H groups in total. The number of thiocarbonyl (C=S) groups is 1. The van der Waals surface area contributed by atoms with Gasteiger partial charge in [-0.2, -0.15) is 5.10 Å². The van der Waals surface area contributed by atoms with Gasteiger partial charge in [0.2, 0.25) is 0 Å².